The van der Waals surface area contributed by atoms with Crippen LogP contribution in [0, 0.1) is 17.2 Å². The minimum absolute atomic E-state index is 0.0309. The van der Waals surface area contributed by atoms with Gasteiger partial charge in [0.15, 0.2) is 0 Å². The molecule has 328 valence electrons. The molecule has 0 spiro atoms. The fourth-order valence-corrected chi connectivity index (χ4v) is 9.92. The first-order valence-corrected chi connectivity index (χ1v) is 22.2. The molecule has 14 nitrogen and oxygen atoms in total. The lowest BCUT2D eigenvalue weighted by molar-refractivity contribution is -0.128. The maximum absolute atomic E-state index is 13.9. The summed E-state index contributed by atoms with van der Waals surface area (Å²) >= 11 is 6.77. The SMILES string of the molecule is C=CC(=O)N1CCN(c2nc(OCC3CCN(C(=O)c4ccc5c(c4)CN(C(=O)c4cc(CC)c(O)cc4O)C5)C3)nc3c2CCN(c2cccc4cccc(Cl)c24)C3)CC1CC#N. The topological polar surface area (TPSA) is 167 Å². The highest BCUT2D eigenvalue weighted by atomic mass is 35.5. The number of ether oxygens (including phenoxy) is 1. The monoisotopic (exact) mass is 880 g/mol. The van der Waals surface area contributed by atoms with Crippen LogP contribution in [-0.2, 0) is 37.3 Å². The summed E-state index contributed by atoms with van der Waals surface area (Å²) in [6.45, 7) is 10.1. The van der Waals surface area contributed by atoms with Crippen molar-refractivity contribution in [2.75, 3.05) is 55.7 Å². The normalized spacial score (nSPS) is 18.2. The van der Waals surface area contributed by atoms with E-state index in [0.717, 1.165) is 51.1 Å². The standard InChI is InChI=1S/C49H49ClN8O6/c1-3-31-22-38(43(60)23-42(31)59)48(63)57-25-34-12-11-33(21-35(34)26-57)47(62)56-17-14-30(24-56)29-64-49-52-40-28-54(41-10-6-8-32-7-5-9-39(50)45(32)41)18-15-37(40)46(53-49)55-19-20-58(44(61)4-2)36(27-55)13-16-51/h4-12,21-23,30,36,59-60H,2-3,13-15,17-20,24-29H2,1H3. The molecule has 4 aliphatic rings. The number of phenolic OH excluding ortho intramolecular Hbond substituents is 2. The lowest BCUT2D eigenvalue weighted by atomic mass is 10.0. The molecule has 64 heavy (non-hydrogen) atoms. The number of aromatic hydroxyl groups is 2. The third-order valence-corrected chi connectivity index (χ3v) is 13.4. The fourth-order valence-electron chi connectivity index (χ4n) is 9.64. The maximum atomic E-state index is 13.9. The number of fused-ring (bicyclic) bond motifs is 3. The molecule has 15 heteroatoms. The summed E-state index contributed by atoms with van der Waals surface area (Å²) in [5.74, 6) is -0.177. The van der Waals surface area contributed by atoms with Gasteiger partial charge in [-0.15, -0.1) is 0 Å². The van der Waals surface area contributed by atoms with Crippen molar-refractivity contribution in [3.63, 3.8) is 0 Å². The smallest absolute Gasteiger partial charge is 0.318 e. The first-order chi connectivity index (χ1) is 31.0. The summed E-state index contributed by atoms with van der Waals surface area (Å²) in [6, 6.07) is 22.5. The van der Waals surface area contributed by atoms with Crippen LogP contribution in [0.4, 0.5) is 11.5 Å². The average Bonchev–Trinajstić information content (AvgIpc) is 3.97. The third kappa shape index (κ3) is 8.12. The zero-order valence-corrected chi connectivity index (χ0v) is 36.4. The van der Waals surface area contributed by atoms with E-state index in [1.807, 2.05) is 42.2 Å². The second kappa shape index (κ2) is 17.7. The molecule has 2 fully saturated rings. The van der Waals surface area contributed by atoms with Crippen LogP contribution in [0.15, 0.2) is 79.4 Å². The number of benzene rings is 4. The van der Waals surface area contributed by atoms with E-state index in [0.29, 0.717) is 94.5 Å². The van der Waals surface area contributed by atoms with Gasteiger partial charge in [0.1, 0.15) is 17.3 Å². The molecule has 2 N–H and O–H groups in total. The Hall–Kier alpha value is -6.85. The second-order valence-electron chi connectivity index (χ2n) is 17.0. The van der Waals surface area contributed by atoms with Gasteiger partial charge in [-0.3, -0.25) is 14.4 Å². The Labute approximate surface area is 376 Å². The molecule has 2 saturated heterocycles. The van der Waals surface area contributed by atoms with E-state index in [1.54, 1.807) is 15.9 Å². The number of hydrogen-bond donors (Lipinski definition) is 2. The first-order valence-electron chi connectivity index (χ1n) is 21.8. The van der Waals surface area contributed by atoms with Crippen LogP contribution in [0.25, 0.3) is 10.8 Å². The van der Waals surface area contributed by atoms with Crippen LogP contribution in [0.2, 0.25) is 5.02 Å². The van der Waals surface area contributed by atoms with Gasteiger partial charge in [-0.25, -0.2) is 0 Å². The fraction of sp³-hybridized carbons (Fsp3) is 0.347. The summed E-state index contributed by atoms with van der Waals surface area (Å²) in [6.07, 6.45) is 3.38. The highest BCUT2D eigenvalue weighted by molar-refractivity contribution is 6.36. The summed E-state index contributed by atoms with van der Waals surface area (Å²) in [5, 5.41) is 33.0. The molecule has 3 amide bonds. The van der Waals surface area contributed by atoms with Crippen LogP contribution < -0.4 is 14.5 Å². The Bertz CT molecular complexity index is 2730. The van der Waals surface area contributed by atoms with Crippen molar-refractivity contribution < 1.29 is 29.3 Å². The number of carbonyl (C=O) groups is 3. The number of aryl methyl sites for hydroxylation is 1. The third-order valence-electron chi connectivity index (χ3n) is 13.1. The molecule has 2 atom stereocenters. The quantitative estimate of drug-likeness (QED) is 0.145. The maximum Gasteiger partial charge on any atom is 0.318 e. The Balaban J connectivity index is 0.906. The predicted octanol–water partition coefficient (Wildman–Crippen LogP) is 6.63. The van der Waals surface area contributed by atoms with Crippen molar-refractivity contribution in [2.45, 2.75) is 58.3 Å². The lowest BCUT2D eigenvalue weighted by Gasteiger charge is -2.42. The number of hydrogen-bond acceptors (Lipinski definition) is 11. The van der Waals surface area contributed by atoms with Crippen molar-refractivity contribution in [1.29, 1.82) is 5.26 Å². The number of rotatable bonds is 10. The Morgan fingerprint density at radius 2 is 1.72 bits per heavy atom. The van der Waals surface area contributed by atoms with Gasteiger partial charge < -0.3 is 39.4 Å². The second-order valence-corrected chi connectivity index (χ2v) is 17.4. The van der Waals surface area contributed by atoms with E-state index in [4.69, 9.17) is 26.3 Å². The van der Waals surface area contributed by atoms with Crippen LogP contribution >= 0.6 is 11.6 Å². The van der Waals surface area contributed by atoms with E-state index >= 15 is 0 Å². The minimum Gasteiger partial charge on any atom is -0.508 e. The van der Waals surface area contributed by atoms with Crippen molar-refractivity contribution in [1.82, 2.24) is 24.7 Å². The molecule has 4 aliphatic heterocycles. The lowest BCUT2D eigenvalue weighted by Crippen LogP contribution is -2.55. The van der Waals surface area contributed by atoms with E-state index < -0.39 is 0 Å². The van der Waals surface area contributed by atoms with E-state index in [9.17, 15) is 29.9 Å². The summed E-state index contributed by atoms with van der Waals surface area (Å²) in [5.41, 5.74) is 5.94. The molecule has 0 aliphatic carbocycles. The Kier molecular flexibility index (Phi) is 11.8. The molecule has 9 rings (SSSR count). The molecule has 0 radical (unpaired) electrons. The number of likely N-dealkylation sites (tertiary alicyclic amines) is 1. The van der Waals surface area contributed by atoms with Crippen LogP contribution in [0.3, 0.4) is 0 Å². The zero-order chi connectivity index (χ0) is 44.6. The number of carbonyl (C=O) groups excluding carboxylic acids is 3. The molecule has 5 aromatic rings. The van der Waals surface area contributed by atoms with E-state index in [2.05, 4.69) is 40.6 Å². The van der Waals surface area contributed by atoms with E-state index in [1.165, 1.54) is 18.2 Å². The number of anilines is 2. The van der Waals surface area contributed by atoms with Gasteiger partial charge in [0, 0.05) is 86.5 Å². The highest BCUT2D eigenvalue weighted by Gasteiger charge is 2.35. The van der Waals surface area contributed by atoms with Gasteiger partial charge in [0.05, 0.1) is 48.0 Å². The van der Waals surface area contributed by atoms with Gasteiger partial charge in [0.2, 0.25) is 5.91 Å². The molecule has 0 saturated carbocycles. The summed E-state index contributed by atoms with van der Waals surface area (Å²) in [4.78, 5) is 59.8. The molecular formula is C49H49ClN8O6. The number of nitrogens with zero attached hydrogens (tertiary/aromatic N) is 8. The van der Waals surface area contributed by atoms with E-state index in [-0.39, 0.29) is 59.2 Å². The van der Waals surface area contributed by atoms with Crippen LogP contribution in [-0.4, -0.2) is 105 Å². The number of amides is 3. The molecule has 0 bridgehead atoms. The molecule has 4 aromatic carbocycles. The number of nitriles is 1. The van der Waals surface area contributed by atoms with Crippen molar-refractivity contribution in [3.8, 4) is 23.6 Å². The van der Waals surface area contributed by atoms with Crippen molar-refractivity contribution in [2.24, 2.45) is 5.92 Å². The minimum atomic E-state index is -0.341. The zero-order valence-electron chi connectivity index (χ0n) is 35.7. The Morgan fingerprint density at radius 1 is 0.906 bits per heavy atom. The number of piperazine rings is 1. The van der Waals surface area contributed by atoms with Gasteiger partial charge in [-0.2, -0.15) is 15.2 Å². The molecule has 5 heterocycles. The predicted molar refractivity (Wildman–Crippen MR) is 243 cm³/mol. The Morgan fingerprint density at radius 3 is 2.52 bits per heavy atom. The van der Waals surface area contributed by atoms with Gasteiger partial charge in [-0.05, 0) is 77.7 Å². The number of halogens is 1. The van der Waals surface area contributed by atoms with Crippen LogP contribution in [0.1, 0.15) is 68.4 Å². The largest absolute Gasteiger partial charge is 0.508 e. The van der Waals surface area contributed by atoms with Gasteiger partial charge in [0.25, 0.3) is 11.8 Å². The number of phenols is 2. The van der Waals surface area contributed by atoms with Gasteiger partial charge in [-0.1, -0.05) is 55.4 Å². The van der Waals surface area contributed by atoms with Crippen molar-refractivity contribution in [3.05, 3.63) is 123 Å². The van der Waals surface area contributed by atoms with Gasteiger partial charge >= 0.3 is 6.01 Å². The van der Waals surface area contributed by atoms with Crippen molar-refractivity contribution >= 4 is 51.6 Å². The molecule has 2 unspecified atom stereocenters. The summed E-state index contributed by atoms with van der Waals surface area (Å²) < 4.78 is 6.44. The molecule has 1 aromatic heterocycles. The average molecular weight is 881 g/mol. The van der Waals surface area contributed by atoms with Crippen LogP contribution in [0.5, 0.6) is 17.5 Å². The first kappa shape index (κ1) is 42.5. The number of aromatic nitrogens is 2. The molecular weight excluding hydrogens is 832 g/mol. The highest BCUT2D eigenvalue weighted by Crippen LogP contribution is 2.38. The summed E-state index contributed by atoms with van der Waals surface area (Å²) in [7, 11) is 0.